The molecule has 4 aromatic rings. The number of nitrogens with zero attached hydrogens (tertiary/aromatic N) is 4. The monoisotopic (exact) mass is 534 g/mol. The summed E-state index contributed by atoms with van der Waals surface area (Å²) in [7, 11) is -2.10. The quantitative estimate of drug-likeness (QED) is 0.345. The number of benzene rings is 3. The topological polar surface area (TPSA) is 73.8 Å². The number of hydrogen-bond acceptors (Lipinski definition) is 6. The van der Waals surface area contributed by atoms with Crippen molar-refractivity contribution in [1.82, 2.24) is 14.2 Å². The number of rotatable bonds is 7. The third-order valence-corrected chi connectivity index (χ3v) is 9.64. The summed E-state index contributed by atoms with van der Waals surface area (Å²) in [5.74, 6) is -0.0851. The first-order chi connectivity index (χ1) is 17.8. The zero-order valence-corrected chi connectivity index (χ0v) is 22.6. The molecule has 0 radical (unpaired) electrons. The lowest BCUT2D eigenvalue weighted by Gasteiger charge is -2.34. The normalized spacial score (nSPS) is 14.5. The summed E-state index contributed by atoms with van der Waals surface area (Å²) in [5.41, 5.74) is 3.72. The minimum atomic E-state index is -3.66. The molecule has 0 bridgehead atoms. The highest BCUT2D eigenvalue weighted by Crippen LogP contribution is 2.30. The lowest BCUT2D eigenvalue weighted by molar-refractivity contribution is 0.0746. The Hall–Kier alpha value is -3.27. The van der Waals surface area contributed by atoms with Crippen molar-refractivity contribution < 1.29 is 13.2 Å². The number of sulfonamides is 1. The van der Waals surface area contributed by atoms with Crippen molar-refractivity contribution >= 4 is 42.6 Å². The predicted molar refractivity (Wildman–Crippen MR) is 149 cm³/mol. The van der Waals surface area contributed by atoms with E-state index in [1.807, 2.05) is 35.2 Å². The van der Waals surface area contributed by atoms with Crippen molar-refractivity contribution in [3.05, 3.63) is 89.5 Å². The number of anilines is 1. The van der Waals surface area contributed by atoms with E-state index in [4.69, 9.17) is 4.98 Å². The summed E-state index contributed by atoms with van der Waals surface area (Å²) in [5, 5.41) is 0.990. The smallest absolute Gasteiger partial charge is 0.253 e. The maximum absolute atomic E-state index is 13.1. The van der Waals surface area contributed by atoms with Gasteiger partial charge in [-0.1, -0.05) is 54.7 Å². The molecule has 7 nitrogen and oxygen atoms in total. The maximum Gasteiger partial charge on any atom is 0.253 e. The van der Waals surface area contributed by atoms with Gasteiger partial charge in [0.2, 0.25) is 10.0 Å². The standard InChI is InChI=1S/C28H30N4O3S2/c1-3-21-9-14-25-26(19-21)36-28(29-25)32-17-15-31(16-18-32)27(33)23-10-12-24(13-11-23)37(34,35)30(2)20-22-7-5-4-6-8-22/h4-14,19H,3,15-18,20H2,1-2H3. The number of aromatic nitrogens is 1. The lowest BCUT2D eigenvalue weighted by Crippen LogP contribution is -2.48. The minimum absolute atomic E-state index is 0.0851. The molecule has 1 aromatic heterocycles. The number of hydrogen-bond donors (Lipinski definition) is 0. The van der Waals surface area contributed by atoms with Gasteiger partial charge in [-0.2, -0.15) is 4.31 Å². The summed E-state index contributed by atoms with van der Waals surface area (Å²) in [4.78, 5) is 22.2. The average Bonchev–Trinajstić information content (AvgIpc) is 3.37. The highest BCUT2D eigenvalue weighted by atomic mass is 32.2. The fourth-order valence-corrected chi connectivity index (χ4v) is 6.71. The van der Waals surface area contributed by atoms with Gasteiger partial charge in [0.25, 0.3) is 5.91 Å². The summed E-state index contributed by atoms with van der Waals surface area (Å²) >= 11 is 1.70. The zero-order valence-electron chi connectivity index (χ0n) is 21.0. The van der Waals surface area contributed by atoms with Gasteiger partial charge >= 0.3 is 0 Å². The number of carbonyl (C=O) groups excluding carboxylic acids is 1. The molecule has 3 aromatic carbocycles. The second kappa shape index (κ2) is 10.6. The Morgan fingerprint density at radius 1 is 0.946 bits per heavy atom. The van der Waals surface area contributed by atoms with Gasteiger partial charge < -0.3 is 9.80 Å². The van der Waals surface area contributed by atoms with Crippen molar-refractivity contribution in [2.24, 2.45) is 0 Å². The molecule has 9 heteroatoms. The molecule has 1 aliphatic rings. The molecule has 1 fully saturated rings. The van der Waals surface area contributed by atoms with Crippen molar-refractivity contribution in [3.8, 4) is 0 Å². The molecule has 2 heterocycles. The van der Waals surface area contributed by atoms with Gasteiger partial charge in [0.1, 0.15) is 0 Å². The third-order valence-electron chi connectivity index (χ3n) is 6.74. The molecule has 1 saturated heterocycles. The van der Waals surface area contributed by atoms with Crippen LogP contribution in [-0.2, 0) is 23.0 Å². The molecular formula is C28H30N4O3S2. The van der Waals surface area contributed by atoms with Gasteiger partial charge in [0.05, 0.1) is 15.1 Å². The zero-order chi connectivity index (χ0) is 26.0. The van der Waals surface area contributed by atoms with Crippen LogP contribution in [0.1, 0.15) is 28.4 Å². The molecule has 5 rings (SSSR count). The van der Waals surface area contributed by atoms with E-state index in [2.05, 4.69) is 30.0 Å². The van der Waals surface area contributed by atoms with Gasteiger partial charge in [-0.15, -0.1) is 0 Å². The molecule has 0 unspecified atom stereocenters. The van der Waals surface area contributed by atoms with Gasteiger partial charge in [-0.3, -0.25) is 4.79 Å². The molecule has 0 N–H and O–H groups in total. The summed E-state index contributed by atoms with van der Waals surface area (Å²) in [6.07, 6.45) is 1.00. The first kappa shape index (κ1) is 25.4. The summed E-state index contributed by atoms with van der Waals surface area (Å²) in [6, 6.07) is 22.1. The van der Waals surface area contributed by atoms with Crippen molar-refractivity contribution in [3.63, 3.8) is 0 Å². The van der Waals surface area contributed by atoms with Crippen LogP contribution in [0.3, 0.4) is 0 Å². The second-order valence-corrected chi connectivity index (χ2v) is 12.3. The molecule has 0 aliphatic carbocycles. The Morgan fingerprint density at radius 2 is 1.65 bits per heavy atom. The van der Waals surface area contributed by atoms with E-state index in [-0.39, 0.29) is 17.3 Å². The van der Waals surface area contributed by atoms with Crippen molar-refractivity contribution in [2.45, 2.75) is 24.8 Å². The SMILES string of the molecule is CCc1ccc2nc(N3CCN(C(=O)c4ccc(S(=O)(=O)N(C)Cc5ccccc5)cc4)CC3)sc2c1. The Labute approximate surface area is 222 Å². The third kappa shape index (κ3) is 5.39. The molecule has 37 heavy (non-hydrogen) atoms. The summed E-state index contributed by atoms with van der Waals surface area (Å²) < 4.78 is 28.5. The second-order valence-electron chi connectivity index (χ2n) is 9.20. The van der Waals surface area contributed by atoms with Crippen LogP contribution in [0.25, 0.3) is 10.2 Å². The van der Waals surface area contributed by atoms with Gasteiger partial charge in [0, 0.05) is 45.3 Å². The highest BCUT2D eigenvalue weighted by Gasteiger charge is 2.25. The maximum atomic E-state index is 13.1. The largest absolute Gasteiger partial charge is 0.345 e. The van der Waals surface area contributed by atoms with Crippen molar-refractivity contribution in [1.29, 1.82) is 0 Å². The Balaban J connectivity index is 1.21. The van der Waals surface area contributed by atoms with Gasteiger partial charge in [-0.25, -0.2) is 13.4 Å². The molecule has 1 aliphatic heterocycles. The van der Waals surface area contributed by atoms with Crippen LogP contribution in [0.15, 0.2) is 77.7 Å². The predicted octanol–water partition coefficient (Wildman–Crippen LogP) is 4.64. The first-order valence-electron chi connectivity index (χ1n) is 12.4. The molecule has 0 atom stereocenters. The van der Waals surface area contributed by atoms with Crippen LogP contribution in [-0.4, -0.2) is 61.7 Å². The van der Waals surface area contributed by atoms with E-state index >= 15 is 0 Å². The number of fused-ring (bicyclic) bond motifs is 1. The van der Waals surface area contributed by atoms with Crippen LogP contribution in [0.2, 0.25) is 0 Å². The minimum Gasteiger partial charge on any atom is -0.345 e. The van der Waals surface area contributed by atoms with Gasteiger partial charge in [-0.05, 0) is 53.9 Å². The molecule has 0 spiro atoms. The van der Waals surface area contributed by atoms with E-state index < -0.39 is 10.0 Å². The van der Waals surface area contributed by atoms with Crippen LogP contribution < -0.4 is 4.90 Å². The van der Waals surface area contributed by atoms with Crippen molar-refractivity contribution in [2.75, 3.05) is 38.1 Å². The van der Waals surface area contributed by atoms with E-state index in [9.17, 15) is 13.2 Å². The van der Waals surface area contributed by atoms with Crippen LogP contribution in [0.5, 0.6) is 0 Å². The summed E-state index contributed by atoms with van der Waals surface area (Å²) in [6.45, 7) is 5.04. The van der Waals surface area contributed by atoms with E-state index in [0.717, 1.165) is 22.6 Å². The number of aryl methyl sites for hydroxylation is 1. The number of carbonyl (C=O) groups is 1. The van der Waals surface area contributed by atoms with E-state index in [1.54, 1.807) is 30.5 Å². The Kier molecular flexibility index (Phi) is 7.28. The molecule has 1 amide bonds. The number of amides is 1. The number of thiazole rings is 1. The average molecular weight is 535 g/mol. The Bertz CT molecular complexity index is 1490. The molecule has 192 valence electrons. The van der Waals surface area contributed by atoms with Crippen LogP contribution in [0.4, 0.5) is 5.13 Å². The fraction of sp³-hybridized carbons (Fsp3) is 0.286. The highest BCUT2D eigenvalue weighted by molar-refractivity contribution is 7.89. The van der Waals surface area contributed by atoms with Crippen LogP contribution >= 0.6 is 11.3 Å². The van der Waals surface area contributed by atoms with Gasteiger partial charge in [0.15, 0.2) is 5.13 Å². The molecule has 0 saturated carbocycles. The molecular weight excluding hydrogens is 504 g/mol. The van der Waals surface area contributed by atoms with E-state index in [0.29, 0.717) is 31.7 Å². The van der Waals surface area contributed by atoms with Crippen LogP contribution in [0, 0.1) is 0 Å². The first-order valence-corrected chi connectivity index (χ1v) is 14.6. The lowest BCUT2D eigenvalue weighted by atomic mass is 10.2. The number of piperazine rings is 1. The van der Waals surface area contributed by atoms with E-state index in [1.165, 1.54) is 26.7 Å². The Morgan fingerprint density at radius 3 is 2.32 bits per heavy atom. The fourth-order valence-electron chi connectivity index (χ4n) is 4.47.